The molecule has 0 aliphatic heterocycles. The first kappa shape index (κ1) is 24.1. The van der Waals surface area contributed by atoms with Crippen LogP contribution in [0.15, 0.2) is 0 Å². The summed E-state index contributed by atoms with van der Waals surface area (Å²) in [6, 6.07) is 0. The topological polar surface area (TPSA) is 47.6 Å². The molecular weight excluding hydrogens is 321 g/mol. The van der Waals surface area contributed by atoms with Crippen LogP contribution in [0.1, 0.15) is 98.8 Å². The van der Waals surface area contributed by atoms with Crippen LogP contribution in [0.3, 0.4) is 0 Å². The second-order valence-electron chi connectivity index (χ2n) is 7.00. The summed E-state index contributed by atoms with van der Waals surface area (Å²) in [5.41, 5.74) is 0. The van der Waals surface area contributed by atoms with Gasteiger partial charge in [-0.15, -0.1) is 0 Å². The molecule has 0 rings (SSSR count). The molecule has 0 aromatic carbocycles. The molecule has 0 aliphatic carbocycles. The minimum absolute atomic E-state index is 0.403. The highest BCUT2D eigenvalue weighted by molar-refractivity contribution is 7.55. The number of nitrogens with one attached hydrogen (secondary N) is 1. The van der Waals surface area contributed by atoms with Crippen LogP contribution in [-0.4, -0.2) is 25.0 Å². The van der Waals surface area contributed by atoms with Gasteiger partial charge in [0.05, 0.1) is 13.2 Å². The van der Waals surface area contributed by atoms with E-state index in [2.05, 4.69) is 12.2 Å². The fourth-order valence-corrected chi connectivity index (χ4v) is 4.51. The molecule has 4 nitrogen and oxygen atoms in total. The van der Waals surface area contributed by atoms with Crippen LogP contribution in [0.25, 0.3) is 0 Å². The maximum atomic E-state index is 12.8. The molecule has 0 atom stereocenters. The maximum Gasteiger partial charge on any atom is 0.349 e. The van der Waals surface area contributed by atoms with Gasteiger partial charge in [0.2, 0.25) is 0 Å². The first-order valence-corrected chi connectivity index (χ1v) is 11.6. The largest absolute Gasteiger partial charge is 0.349 e. The molecule has 0 fully saturated rings. The molecule has 0 saturated carbocycles. The summed E-state index contributed by atoms with van der Waals surface area (Å²) in [5.74, 6) is 0. The zero-order chi connectivity index (χ0) is 18.3. The lowest BCUT2D eigenvalue weighted by molar-refractivity contribution is 0.193. The lowest BCUT2D eigenvalue weighted by Crippen LogP contribution is -2.40. The van der Waals surface area contributed by atoms with E-state index in [1.807, 2.05) is 27.7 Å². The second kappa shape index (κ2) is 14.3. The minimum Gasteiger partial charge on any atom is -0.308 e. The Morgan fingerprint density at radius 2 is 1.17 bits per heavy atom. The van der Waals surface area contributed by atoms with E-state index in [0.29, 0.717) is 13.2 Å². The van der Waals surface area contributed by atoms with Crippen molar-refractivity contribution in [1.29, 1.82) is 0 Å². The van der Waals surface area contributed by atoms with Crippen LogP contribution >= 0.6 is 7.60 Å². The Morgan fingerprint density at radius 3 is 1.58 bits per heavy atom. The molecule has 0 unspecified atom stereocenters. The molecule has 0 aromatic heterocycles. The van der Waals surface area contributed by atoms with Crippen LogP contribution < -0.4 is 5.32 Å². The number of hydrogen-bond donors (Lipinski definition) is 1. The third kappa shape index (κ3) is 10.2. The van der Waals surface area contributed by atoms with Crippen LogP contribution in [-0.2, 0) is 13.6 Å². The Kier molecular flexibility index (Phi) is 14.4. The van der Waals surface area contributed by atoms with Crippen LogP contribution in [0.2, 0.25) is 0 Å². The lowest BCUT2D eigenvalue weighted by Gasteiger charge is -2.33. The van der Waals surface area contributed by atoms with Gasteiger partial charge in [-0.3, -0.25) is 4.57 Å². The van der Waals surface area contributed by atoms with Crippen molar-refractivity contribution < 1.29 is 13.6 Å². The highest BCUT2D eigenvalue weighted by atomic mass is 31.2. The highest BCUT2D eigenvalue weighted by Gasteiger charge is 2.42. The molecule has 0 radical (unpaired) electrons. The van der Waals surface area contributed by atoms with Crippen molar-refractivity contribution in [2.45, 2.75) is 104 Å². The van der Waals surface area contributed by atoms with Crippen molar-refractivity contribution in [2.75, 3.05) is 19.8 Å². The quantitative estimate of drug-likeness (QED) is 0.237. The average Bonchev–Trinajstić information content (AvgIpc) is 2.53. The first-order chi connectivity index (χ1) is 11.4. The SMILES string of the molecule is CCCCCCCCCCCCNC(C)(C)P(=O)(OCC)OCC. The molecule has 1 N–H and O–H groups in total. The van der Waals surface area contributed by atoms with Crippen molar-refractivity contribution in [2.24, 2.45) is 0 Å². The van der Waals surface area contributed by atoms with Crippen molar-refractivity contribution in [3.63, 3.8) is 0 Å². The minimum atomic E-state index is -3.11. The molecular formula is C19H42NO3P. The van der Waals surface area contributed by atoms with E-state index in [-0.39, 0.29) is 0 Å². The first-order valence-electron chi connectivity index (χ1n) is 10.1. The van der Waals surface area contributed by atoms with Gasteiger partial charge in [0.25, 0.3) is 0 Å². The molecule has 0 spiro atoms. The standard InChI is InChI=1S/C19H42NO3P/c1-6-9-10-11-12-13-14-15-16-17-18-20-19(4,5)24(21,22-7-2)23-8-3/h20H,6-18H2,1-5H3. The highest BCUT2D eigenvalue weighted by Crippen LogP contribution is 2.58. The summed E-state index contributed by atoms with van der Waals surface area (Å²) in [5, 5.41) is 2.74. The van der Waals surface area contributed by atoms with Gasteiger partial charge in [0.1, 0.15) is 5.28 Å². The molecule has 0 heterocycles. The van der Waals surface area contributed by atoms with Gasteiger partial charge in [-0.1, -0.05) is 64.7 Å². The van der Waals surface area contributed by atoms with Gasteiger partial charge < -0.3 is 14.4 Å². The van der Waals surface area contributed by atoms with Crippen molar-refractivity contribution in [3.05, 3.63) is 0 Å². The van der Waals surface area contributed by atoms with Gasteiger partial charge in [0, 0.05) is 0 Å². The lowest BCUT2D eigenvalue weighted by atomic mass is 10.1. The van der Waals surface area contributed by atoms with Crippen LogP contribution in [0.5, 0.6) is 0 Å². The fraction of sp³-hybridized carbons (Fsp3) is 1.00. The van der Waals surface area contributed by atoms with Crippen molar-refractivity contribution >= 4 is 7.60 Å². The van der Waals surface area contributed by atoms with E-state index in [4.69, 9.17) is 9.05 Å². The molecule has 24 heavy (non-hydrogen) atoms. The number of hydrogen-bond acceptors (Lipinski definition) is 4. The molecule has 0 amide bonds. The van der Waals surface area contributed by atoms with Gasteiger partial charge in [-0.05, 0) is 40.7 Å². The smallest absolute Gasteiger partial charge is 0.308 e. The van der Waals surface area contributed by atoms with E-state index >= 15 is 0 Å². The van der Waals surface area contributed by atoms with E-state index in [9.17, 15) is 4.57 Å². The summed E-state index contributed by atoms with van der Waals surface area (Å²) in [4.78, 5) is 0. The summed E-state index contributed by atoms with van der Waals surface area (Å²) < 4.78 is 23.8. The predicted octanol–water partition coefficient (Wildman–Crippen LogP) is 6.50. The molecule has 0 aromatic rings. The average molecular weight is 364 g/mol. The van der Waals surface area contributed by atoms with E-state index in [1.54, 1.807) is 0 Å². The molecule has 0 saturated heterocycles. The van der Waals surface area contributed by atoms with Crippen molar-refractivity contribution in [1.82, 2.24) is 5.32 Å². The Morgan fingerprint density at radius 1 is 0.750 bits per heavy atom. The number of rotatable bonds is 17. The Labute approximate surface area is 151 Å². The monoisotopic (exact) mass is 363 g/mol. The third-order valence-electron chi connectivity index (χ3n) is 4.37. The second-order valence-corrected chi connectivity index (χ2v) is 9.63. The Bertz CT molecular complexity index is 325. The van der Waals surface area contributed by atoms with E-state index < -0.39 is 12.9 Å². The third-order valence-corrected chi connectivity index (χ3v) is 7.09. The molecule has 0 aliphatic rings. The summed E-state index contributed by atoms with van der Waals surface area (Å²) in [6.07, 6.45) is 13.2. The molecule has 146 valence electrons. The van der Waals surface area contributed by atoms with Crippen LogP contribution in [0.4, 0.5) is 0 Å². The fourth-order valence-electron chi connectivity index (χ4n) is 2.80. The predicted molar refractivity (Wildman–Crippen MR) is 105 cm³/mol. The summed E-state index contributed by atoms with van der Waals surface area (Å²) in [6.45, 7) is 11.4. The number of unbranched alkanes of at least 4 members (excludes halogenated alkanes) is 9. The van der Waals surface area contributed by atoms with Gasteiger partial charge in [-0.2, -0.15) is 0 Å². The summed E-state index contributed by atoms with van der Waals surface area (Å²) >= 11 is 0. The normalized spacial score (nSPS) is 12.7. The summed E-state index contributed by atoms with van der Waals surface area (Å²) in [7, 11) is -3.11. The van der Waals surface area contributed by atoms with Crippen molar-refractivity contribution in [3.8, 4) is 0 Å². The Hall–Kier alpha value is 0.110. The van der Waals surface area contributed by atoms with Gasteiger partial charge in [0.15, 0.2) is 0 Å². The maximum absolute atomic E-state index is 12.8. The molecule has 0 bridgehead atoms. The van der Waals surface area contributed by atoms with Gasteiger partial charge >= 0.3 is 7.60 Å². The van der Waals surface area contributed by atoms with E-state index in [0.717, 1.165) is 13.0 Å². The van der Waals surface area contributed by atoms with Gasteiger partial charge in [-0.25, -0.2) is 0 Å². The zero-order valence-electron chi connectivity index (χ0n) is 16.9. The van der Waals surface area contributed by atoms with E-state index in [1.165, 1.54) is 57.8 Å². The zero-order valence-corrected chi connectivity index (χ0v) is 17.8. The molecule has 5 heteroatoms. The Balaban J connectivity index is 3.79. The van der Waals surface area contributed by atoms with Crippen LogP contribution in [0, 0.1) is 0 Å².